The summed E-state index contributed by atoms with van der Waals surface area (Å²) in [6.07, 6.45) is 0. The van der Waals surface area contributed by atoms with Crippen LogP contribution < -0.4 is 14.8 Å². The molecular formula is C13H14ClNO3. The normalized spacial score (nSPS) is 13.0. The number of ether oxygens (including phenoxy) is 2. The lowest BCUT2D eigenvalue weighted by molar-refractivity contribution is 0.0955. The molecule has 4 nitrogen and oxygen atoms in total. The third-order valence-corrected chi connectivity index (χ3v) is 2.69. The molecule has 1 aliphatic heterocycles. The van der Waals surface area contributed by atoms with Gasteiger partial charge >= 0.3 is 0 Å². The highest BCUT2D eigenvalue weighted by Crippen LogP contribution is 2.38. The van der Waals surface area contributed by atoms with E-state index in [4.69, 9.17) is 21.1 Å². The molecule has 0 unspecified atom stereocenters. The van der Waals surface area contributed by atoms with Crippen molar-refractivity contribution in [2.45, 2.75) is 6.92 Å². The van der Waals surface area contributed by atoms with Crippen LogP contribution in [-0.2, 0) is 0 Å². The van der Waals surface area contributed by atoms with E-state index in [9.17, 15) is 4.79 Å². The minimum absolute atomic E-state index is 0.211. The average molecular weight is 268 g/mol. The smallest absolute Gasteiger partial charge is 0.251 e. The summed E-state index contributed by atoms with van der Waals surface area (Å²) < 4.78 is 10.8. The van der Waals surface area contributed by atoms with Gasteiger partial charge in [0, 0.05) is 12.1 Å². The summed E-state index contributed by atoms with van der Waals surface area (Å²) in [7, 11) is 0. The molecule has 0 spiro atoms. The highest BCUT2D eigenvalue weighted by molar-refractivity contribution is 6.32. The highest BCUT2D eigenvalue weighted by atomic mass is 35.5. The van der Waals surface area contributed by atoms with Crippen molar-refractivity contribution in [3.63, 3.8) is 0 Å². The van der Waals surface area contributed by atoms with Gasteiger partial charge in [0.05, 0.1) is 5.02 Å². The Bertz CT molecular complexity index is 499. The molecule has 0 aromatic heterocycles. The lowest BCUT2D eigenvalue weighted by Gasteiger charge is -2.20. The fraction of sp³-hybridized carbons (Fsp3) is 0.308. The fourth-order valence-electron chi connectivity index (χ4n) is 1.58. The number of benzene rings is 1. The Labute approximate surface area is 111 Å². The Morgan fingerprint density at radius 2 is 2.17 bits per heavy atom. The van der Waals surface area contributed by atoms with Crippen molar-refractivity contribution in [3.05, 3.63) is 34.9 Å². The van der Waals surface area contributed by atoms with Crippen LogP contribution in [0.25, 0.3) is 0 Å². The first-order valence-corrected chi connectivity index (χ1v) is 5.97. The maximum Gasteiger partial charge on any atom is 0.251 e. The number of halogens is 1. The van der Waals surface area contributed by atoms with Crippen LogP contribution in [0.15, 0.2) is 24.3 Å². The van der Waals surface area contributed by atoms with Gasteiger partial charge in [0.15, 0.2) is 11.5 Å². The van der Waals surface area contributed by atoms with Crippen LogP contribution in [0.2, 0.25) is 5.02 Å². The van der Waals surface area contributed by atoms with Crippen LogP contribution in [0.5, 0.6) is 11.5 Å². The van der Waals surface area contributed by atoms with E-state index in [1.54, 1.807) is 12.1 Å². The van der Waals surface area contributed by atoms with Crippen LogP contribution >= 0.6 is 11.6 Å². The topological polar surface area (TPSA) is 47.6 Å². The number of carbonyl (C=O) groups is 1. The summed E-state index contributed by atoms with van der Waals surface area (Å²) in [5.41, 5.74) is 1.33. The standard InChI is InChI=1S/C13H14ClNO3/c1-8(2)7-15-13(16)9-5-10(14)12-11(6-9)17-3-4-18-12/h5-6H,1,3-4,7H2,2H3,(H,15,16). The maximum absolute atomic E-state index is 11.9. The van der Waals surface area contributed by atoms with Gasteiger partial charge in [-0.15, -0.1) is 0 Å². The molecule has 0 aliphatic carbocycles. The Morgan fingerprint density at radius 3 is 2.89 bits per heavy atom. The summed E-state index contributed by atoms with van der Waals surface area (Å²) in [4.78, 5) is 11.9. The fourth-order valence-corrected chi connectivity index (χ4v) is 1.84. The zero-order chi connectivity index (χ0) is 13.1. The Morgan fingerprint density at radius 1 is 1.44 bits per heavy atom. The van der Waals surface area contributed by atoms with Crippen LogP contribution in [0.4, 0.5) is 0 Å². The van der Waals surface area contributed by atoms with Gasteiger partial charge in [-0.25, -0.2) is 0 Å². The van der Waals surface area contributed by atoms with E-state index >= 15 is 0 Å². The van der Waals surface area contributed by atoms with Gasteiger partial charge in [0.1, 0.15) is 13.2 Å². The van der Waals surface area contributed by atoms with E-state index in [0.29, 0.717) is 41.8 Å². The van der Waals surface area contributed by atoms with Crippen molar-refractivity contribution in [1.29, 1.82) is 0 Å². The lowest BCUT2D eigenvalue weighted by atomic mass is 10.1. The monoisotopic (exact) mass is 267 g/mol. The highest BCUT2D eigenvalue weighted by Gasteiger charge is 2.19. The van der Waals surface area contributed by atoms with E-state index in [-0.39, 0.29) is 5.91 Å². The van der Waals surface area contributed by atoms with Crippen molar-refractivity contribution in [2.24, 2.45) is 0 Å². The molecule has 0 saturated heterocycles. The summed E-state index contributed by atoms with van der Waals surface area (Å²) >= 11 is 6.05. The van der Waals surface area contributed by atoms with Gasteiger partial charge in [-0.3, -0.25) is 4.79 Å². The van der Waals surface area contributed by atoms with Crippen LogP contribution in [0, 0.1) is 0 Å². The Hall–Kier alpha value is -1.68. The molecule has 96 valence electrons. The zero-order valence-corrected chi connectivity index (χ0v) is 10.8. The third kappa shape index (κ3) is 2.76. The molecular weight excluding hydrogens is 254 g/mol. The van der Waals surface area contributed by atoms with Crippen molar-refractivity contribution >= 4 is 17.5 Å². The Balaban J connectivity index is 2.21. The van der Waals surface area contributed by atoms with Gasteiger partial charge in [-0.2, -0.15) is 0 Å². The molecule has 1 heterocycles. The second-order valence-corrected chi connectivity index (χ2v) is 4.53. The van der Waals surface area contributed by atoms with Crippen molar-refractivity contribution in [2.75, 3.05) is 19.8 Å². The predicted molar refractivity (Wildman–Crippen MR) is 69.6 cm³/mol. The number of rotatable bonds is 3. The quantitative estimate of drug-likeness (QED) is 0.856. The number of amides is 1. The number of hydrogen-bond acceptors (Lipinski definition) is 3. The molecule has 5 heteroatoms. The molecule has 0 bridgehead atoms. The first-order chi connectivity index (χ1) is 8.58. The number of carbonyl (C=O) groups excluding carboxylic acids is 1. The van der Waals surface area contributed by atoms with Crippen molar-refractivity contribution in [1.82, 2.24) is 5.32 Å². The molecule has 18 heavy (non-hydrogen) atoms. The van der Waals surface area contributed by atoms with Gasteiger partial charge in [0.2, 0.25) is 0 Å². The summed E-state index contributed by atoms with van der Waals surface area (Å²) in [6.45, 7) is 6.93. The molecule has 0 saturated carbocycles. The second-order valence-electron chi connectivity index (χ2n) is 4.12. The molecule has 1 aromatic carbocycles. The van der Waals surface area contributed by atoms with Crippen molar-refractivity contribution < 1.29 is 14.3 Å². The van der Waals surface area contributed by atoms with Crippen LogP contribution in [0.1, 0.15) is 17.3 Å². The molecule has 0 radical (unpaired) electrons. The third-order valence-electron chi connectivity index (χ3n) is 2.41. The Kier molecular flexibility index (Phi) is 3.77. The molecule has 1 N–H and O–H groups in total. The largest absolute Gasteiger partial charge is 0.486 e. The summed E-state index contributed by atoms with van der Waals surface area (Å²) in [5.74, 6) is 0.797. The van der Waals surface area contributed by atoms with Crippen molar-refractivity contribution in [3.8, 4) is 11.5 Å². The zero-order valence-electron chi connectivity index (χ0n) is 10.1. The number of nitrogens with one attached hydrogen (secondary N) is 1. The van der Waals surface area contributed by atoms with E-state index in [2.05, 4.69) is 11.9 Å². The lowest BCUT2D eigenvalue weighted by Crippen LogP contribution is -2.25. The minimum atomic E-state index is -0.211. The first-order valence-electron chi connectivity index (χ1n) is 5.59. The molecule has 1 aromatic rings. The van der Waals surface area contributed by atoms with Gasteiger partial charge < -0.3 is 14.8 Å². The number of fused-ring (bicyclic) bond motifs is 1. The van der Waals surface area contributed by atoms with Gasteiger partial charge in [-0.05, 0) is 19.1 Å². The predicted octanol–water partition coefficient (Wildman–Crippen LogP) is 2.42. The van der Waals surface area contributed by atoms with Crippen LogP contribution in [-0.4, -0.2) is 25.7 Å². The van der Waals surface area contributed by atoms with E-state index in [0.717, 1.165) is 5.57 Å². The maximum atomic E-state index is 11.9. The molecule has 0 atom stereocenters. The number of hydrogen-bond donors (Lipinski definition) is 1. The van der Waals surface area contributed by atoms with E-state index in [1.807, 2.05) is 6.92 Å². The second kappa shape index (κ2) is 5.31. The van der Waals surface area contributed by atoms with Gasteiger partial charge in [0.25, 0.3) is 5.91 Å². The first kappa shape index (κ1) is 12.8. The molecule has 2 rings (SSSR count). The minimum Gasteiger partial charge on any atom is -0.486 e. The summed E-state index contributed by atoms with van der Waals surface area (Å²) in [5, 5.41) is 3.12. The van der Waals surface area contributed by atoms with E-state index < -0.39 is 0 Å². The van der Waals surface area contributed by atoms with Gasteiger partial charge in [-0.1, -0.05) is 23.8 Å². The van der Waals surface area contributed by atoms with E-state index in [1.165, 1.54) is 0 Å². The molecule has 1 amide bonds. The average Bonchev–Trinajstić information content (AvgIpc) is 2.36. The molecule has 1 aliphatic rings. The SMILES string of the molecule is C=C(C)CNC(=O)c1cc(Cl)c2c(c1)OCCO2. The molecule has 0 fully saturated rings. The van der Waals surface area contributed by atoms with Crippen LogP contribution in [0.3, 0.4) is 0 Å². The summed E-state index contributed by atoms with van der Waals surface area (Å²) in [6, 6.07) is 3.21.